The molecule has 0 spiro atoms. The van der Waals surface area contributed by atoms with Crippen molar-refractivity contribution in [3.63, 3.8) is 0 Å². The summed E-state index contributed by atoms with van der Waals surface area (Å²) in [6, 6.07) is 11.4. The molecule has 0 aromatic heterocycles. The van der Waals surface area contributed by atoms with Crippen molar-refractivity contribution in [3.8, 4) is 0 Å². The van der Waals surface area contributed by atoms with Gasteiger partial charge >= 0.3 is 11.8 Å². The first-order chi connectivity index (χ1) is 10.5. The Morgan fingerprint density at radius 2 is 1.32 bits per heavy atom. The maximum absolute atomic E-state index is 13.4. The lowest BCUT2D eigenvalue weighted by molar-refractivity contribution is -0.133. The van der Waals surface area contributed by atoms with E-state index in [1.165, 1.54) is 30.3 Å². The Morgan fingerprint density at radius 3 is 1.91 bits per heavy atom. The van der Waals surface area contributed by atoms with Gasteiger partial charge in [0.05, 0.1) is 16.9 Å². The van der Waals surface area contributed by atoms with Crippen molar-refractivity contribution in [3.05, 3.63) is 59.9 Å². The minimum atomic E-state index is -1.07. The first-order valence-corrected chi connectivity index (χ1v) is 6.24. The lowest BCUT2D eigenvalue weighted by Crippen LogP contribution is -2.30. The van der Waals surface area contributed by atoms with Gasteiger partial charge in [0.25, 0.3) is 5.91 Å². The molecule has 6 nitrogen and oxygen atoms in total. The van der Waals surface area contributed by atoms with Crippen molar-refractivity contribution >= 4 is 29.1 Å². The number of carbonyl (C=O) groups excluding carboxylic acids is 3. The number of amides is 3. The molecule has 0 saturated carbocycles. The highest BCUT2D eigenvalue weighted by molar-refractivity contribution is 6.44. The van der Waals surface area contributed by atoms with Crippen LogP contribution in [0.3, 0.4) is 0 Å². The predicted molar refractivity (Wildman–Crippen MR) is 78.6 cm³/mol. The number of hydrogen-bond acceptors (Lipinski definition) is 3. The third-order valence-electron chi connectivity index (χ3n) is 2.77. The molecule has 2 aromatic rings. The summed E-state index contributed by atoms with van der Waals surface area (Å²) in [5.74, 6) is -3.52. The molecule has 2 rings (SSSR count). The number of primary amides is 1. The second kappa shape index (κ2) is 6.49. The van der Waals surface area contributed by atoms with Gasteiger partial charge in [0.1, 0.15) is 5.82 Å². The molecule has 7 heteroatoms. The molecule has 112 valence electrons. The minimum absolute atomic E-state index is 0.0644. The van der Waals surface area contributed by atoms with Crippen molar-refractivity contribution in [1.82, 2.24) is 0 Å². The fraction of sp³-hybridized carbons (Fsp3) is 0. The van der Waals surface area contributed by atoms with Crippen LogP contribution in [0.4, 0.5) is 15.8 Å². The molecule has 0 aliphatic carbocycles. The van der Waals surface area contributed by atoms with Crippen LogP contribution in [0.5, 0.6) is 0 Å². The second-order valence-corrected chi connectivity index (χ2v) is 4.30. The highest BCUT2D eigenvalue weighted by Gasteiger charge is 2.18. The van der Waals surface area contributed by atoms with Crippen molar-refractivity contribution in [2.24, 2.45) is 5.73 Å². The van der Waals surface area contributed by atoms with E-state index in [4.69, 9.17) is 5.73 Å². The fourth-order valence-corrected chi connectivity index (χ4v) is 1.73. The molecular formula is C15H12FN3O3. The monoisotopic (exact) mass is 301 g/mol. The zero-order valence-corrected chi connectivity index (χ0v) is 11.3. The van der Waals surface area contributed by atoms with E-state index in [1.807, 2.05) is 0 Å². The van der Waals surface area contributed by atoms with E-state index >= 15 is 0 Å². The van der Waals surface area contributed by atoms with E-state index in [0.717, 1.165) is 6.07 Å². The van der Waals surface area contributed by atoms with Gasteiger partial charge in [-0.1, -0.05) is 24.3 Å². The highest BCUT2D eigenvalue weighted by Crippen LogP contribution is 2.15. The fourth-order valence-electron chi connectivity index (χ4n) is 1.73. The van der Waals surface area contributed by atoms with Gasteiger partial charge in [-0.05, 0) is 24.3 Å². The summed E-state index contributed by atoms with van der Waals surface area (Å²) in [7, 11) is 0. The maximum Gasteiger partial charge on any atom is 0.314 e. The van der Waals surface area contributed by atoms with E-state index in [0.29, 0.717) is 0 Å². The van der Waals surface area contributed by atoms with Gasteiger partial charge in [0.2, 0.25) is 0 Å². The third kappa shape index (κ3) is 3.45. The Morgan fingerprint density at radius 1 is 0.818 bits per heavy atom. The Hall–Kier alpha value is -3.22. The quantitative estimate of drug-likeness (QED) is 0.749. The van der Waals surface area contributed by atoms with Gasteiger partial charge in [-0.3, -0.25) is 14.4 Å². The third-order valence-corrected chi connectivity index (χ3v) is 2.77. The molecule has 0 radical (unpaired) electrons. The zero-order chi connectivity index (χ0) is 16.1. The topological polar surface area (TPSA) is 101 Å². The molecule has 0 unspecified atom stereocenters. The summed E-state index contributed by atoms with van der Waals surface area (Å²) < 4.78 is 13.4. The number of halogens is 1. The summed E-state index contributed by atoms with van der Waals surface area (Å²) >= 11 is 0. The Labute approximate surface area is 125 Å². The van der Waals surface area contributed by atoms with E-state index in [9.17, 15) is 18.8 Å². The van der Waals surface area contributed by atoms with Crippen LogP contribution in [0.15, 0.2) is 48.5 Å². The summed E-state index contributed by atoms with van der Waals surface area (Å²) in [6.45, 7) is 0. The lowest BCUT2D eigenvalue weighted by atomic mass is 10.1. The van der Waals surface area contributed by atoms with Crippen LogP contribution in [-0.4, -0.2) is 17.7 Å². The number of benzene rings is 2. The van der Waals surface area contributed by atoms with Crippen LogP contribution in [0, 0.1) is 5.82 Å². The summed E-state index contributed by atoms with van der Waals surface area (Å²) in [5, 5.41) is 4.39. The van der Waals surface area contributed by atoms with Gasteiger partial charge in [-0.2, -0.15) is 0 Å². The molecule has 0 aliphatic rings. The average Bonchev–Trinajstić information content (AvgIpc) is 2.49. The van der Waals surface area contributed by atoms with Gasteiger partial charge in [0.15, 0.2) is 0 Å². The van der Waals surface area contributed by atoms with Gasteiger partial charge < -0.3 is 16.4 Å². The number of para-hydroxylation sites is 2. The number of nitrogens with two attached hydrogens (primary N) is 1. The second-order valence-electron chi connectivity index (χ2n) is 4.30. The van der Waals surface area contributed by atoms with Gasteiger partial charge in [0, 0.05) is 0 Å². The van der Waals surface area contributed by atoms with Crippen LogP contribution in [-0.2, 0) is 9.59 Å². The SMILES string of the molecule is NC(=O)c1ccccc1NC(=O)C(=O)Nc1ccccc1F. The molecule has 3 amide bonds. The van der Waals surface area contributed by atoms with Crippen molar-refractivity contribution in [2.75, 3.05) is 10.6 Å². The highest BCUT2D eigenvalue weighted by atomic mass is 19.1. The maximum atomic E-state index is 13.4. The average molecular weight is 301 g/mol. The molecule has 22 heavy (non-hydrogen) atoms. The van der Waals surface area contributed by atoms with E-state index in [2.05, 4.69) is 10.6 Å². The van der Waals surface area contributed by atoms with Crippen LogP contribution < -0.4 is 16.4 Å². The van der Waals surface area contributed by atoms with E-state index < -0.39 is 23.5 Å². The van der Waals surface area contributed by atoms with Crippen molar-refractivity contribution in [2.45, 2.75) is 0 Å². The molecule has 2 aromatic carbocycles. The van der Waals surface area contributed by atoms with Crippen LogP contribution in [0.25, 0.3) is 0 Å². The van der Waals surface area contributed by atoms with E-state index in [-0.39, 0.29) is 16.9 Å². The molecule has 0 saturated heterocycles. The van der Waals surface area contributed by atoms with Crippen molar-refractivity contribution < 1.29 is 18.8 Å². The molecule has 0 bridgehead atoms. The van der Waals surface area contributed by atoms with Crippen LogP contribution >= 0.6 is 0 Å². The predicted octanol–water partition coefficient (Wildman–Crippen LogP) is 1.50. The molecule has 0 fully saturated rings. The lowest BCUT2D eigenvalue weighted by Gasteiger charge is -2.09. The van der Waals surface area contributed by atoms with E-state index in [1.54, 1.807) is 12.1 Å². The molecule has 0 heterocycles. The first kappa shape index (κ1) is 15.2. The first-order valence-electron chi connectivity index (χ1n) is 6.24. The smallest absolute Gasteiger partial charge is 0.314 e. The number of nitrogens with one attached hydrogen (secondary N) is 2. The van der Waals surface area contributed by atoms with Crippen LogP contribution in [0.2, 0.25) is 0 Å². The summed E-state index contributed by atoms with van der Waals surface area (Å²) in [4.78, 5) is 34.8. The molecule has 0 atom stereocenters. The molecule has 0 aliphatic heterocycles. The van der Waals surface area contributed by atoms with Crippen LogP contribution in [0.1, 0.15) is 10.4 Å². The molecule has 4 N–H and O–H groups in total. The largest absolute Gasteiger partial charge is 0.366 e. The Bertz CT molecular complexity index is 746. The Balaban J connectivity index is 2.11. The minimum Gasteiger partial charge on any atom is -0.366 e. The zero-order valence-electron chi connectivity index (χ0n) is 11.3. The number of hydrogen-bond donors (Lipinski definition) is 3. The van der Waals surface area contributed by atoms with Crippen molar-refractivity contribution in [1.29, 1.82) is 0 Å². The van der Waals surface area contributed by atoms with Gasteiger partial charge in [-0.25, -0.2) is 4.39 Å². The Kier molecular flexibility index (Phi) is 4.47. The molecular weight excluding hydrogens is 289 g/mol. The van der Waals surface area contributed by atoms with Gasteiger partial charge in [-0.15, -0.1) is 0 Å². The number of rotatable bonds is 3. The normalized spacial score (nSPS) is 9.86. The number of anilines is 2. The standard InChI is InChI=1S/C15H12FN3O3/c16-10-6-2-4-8-12(10)19-15(22)14(21)18-11-7-3-1-5-9(11)13(17)20/h1-8H,(H2,17,20)(H,18,21)(H,19,22). The number of carbonyl (C=O) groups is 3. The summed E-state index contributed by atoms with van der Waals surface area (Å²) in [6.07, 6.45) is 0. The summed E-state index contributed by atoms with van der Waals surface area (Å²) in [5.41, 5.74) is 5.21.